The van der Waals surface area contributed by atoms with Crippen molar-refractivity contribution in [3.05, 3.63) is 35.0 Å². The number of carbonyl (C=O) groups excluding carboxylic acids is 1. The maximum Gasteiger partial charge on any atom is 0.244 e. The van der Waals surface area contributed by atoms with Gasteiger partial charge in [-0.05, 0) is 31.0 Å². The summed E-state index contributed by atoms with van der Waals surface area (Å²) in [5.74, 6) is 0.229. The van der Waals surface area contributed by atoms with Crippen LogP contribution in [0.25, 0.3) is 0 Å². The van der Waals surface area contributed by atoms with E-state index in [0.717, 1.165) is 0 Å². The van der Waals surface area contributed by atoms with E-state index in [9.17, 15) is 13.2 Å². The average molecular weight is 402 g/mol. The van der Waals surface area contributed by atoms with Crippen LogP contribution in [0.3, 0.4) is 0 Å². The summed E-state index contributed by atoms with van der Waals surface area (Å²) in [5.41, 5.74) is 0. The van der Waals surface area contributed by atoms with Crippen molar-refractivity contribution in [2.45, 2.75) is 31.7 Å². The van der Waals surface area contributed by atoms with Crippen LogP contribution in [0.1, 0.15) is 19.6 Å². The molecule has 0 aliphatic rings. The van der Waals surface area contributed by atoms with Crippen LogP contribution in [0.4, 0.5) is 5.82 Å². The maximum atomic E-state index is 12.6. The highest BCUT2D eigenvalue weighted by atomic mass is 35.5. The Bertz CT molecular complexity index is 895. The molecule has 0 saturated carbocycles. The predicted molar refractivity (Wildman–Crippen MR) is 96.8 cm³/mol. The number of ether oxygens (including phenoxy) is 1. The number of anilines is 1. The SMILES string of the molecule is COc1ccc(S(=O)(=O)N[C@H](C(=O)Nc2cc(C)on2)C(C)C)cc1Cl. The zero-order valence-corrected chi connectivity index (χ0v) is 16.3. The van der Waals surface area contributed by atoms with E-state index in [2.05, 4.69) is 15.2 Å². The summed E-state index contributed by atoms with van der Waals surface area (Å²) in [4.78, 5) is 12.4. The summed E-state index contributed by atoms with van der Waals surface area (Å²) >= 11 is 5.99. The van der Waals surface area contributed by atoms with Crippen molar-refractivity contribution in [3.63, 3.8) is 0 Å². The van der Waals surface area contributed by atoms with Gasteiger partial charge in [0.05, 0.1) is 17.0 Å². The minimum absolute atomic E-state index is 0.0703. The summed E-state index contributed by atoms with van der Waals surface area (Å²) in [5, 5.41) is 6.35. The number of amides is 1. The van der Waals surface area contributed by atoms with E-state index in [-0.39, 0.29) is 21.7 Å². The Hall–Kier alpha value is -2.10. The van der Waals surface area contributed by atoms with Crippen molar-refractivity contribution >= 4 is 33.3 Å². The number of halogens is 1. The first kappa shape index (κ1) is 20.2. The summed E-state index contributed by atoms with van der Waals surface area (Å²) in [6.45, 7) is 5.13. The topological polar surface area (TPSA) is 111 Å². The van der Waals surface area contributed by atoms with Crippen LogP contribution in [0.5, 0.6) is 5.75 Å². The van der Waals surface area contributed by atoms with Crippen LogP contribution in [0.2, 0.25) is 5.02 Å². The van der Waals surface area contributed by atoms with Gasteiger partial charge in [-0.2, -0.15) is 4.72 Å². The Morgan fingerprint density at radius 1 is 1.31 bits per heavy atom. The highest BCUT2D eigenvalue weighted by Gasteiger charge is 2.29. The number of hydrogen-bond donors (Lipinski definition) is 2. The molecule has 0 saturated heterocycles. The molecule has 0 radical (unpaired) electrons. The molecule has 0 fully saturated rings. The smallest absolute Gasteiger partial charge is 0.244 e. The number of rotatable bonds is 7. The molecule has 0 spiro atoms. The van der Waals surface area contributed by atoms with Gasteiger partial charge in [-0.15, -0.1) is 0 Å². The van der Waals surface area contributed by atoms with Gasteiger partial charge in [0.2, 0.25) is 15.9 Å². The standard InChI is InChI=1S/C16H20ClN3O5S/c1-9(2)15(16(21)18-14-7-10(3)25-19-14)20-26(22,23)11-5-6-13(24-4)12(17)8-11/h5-9,15,20H,1-4H3,(H,18,19,21)/t15-/m0/s1. The number of nitrogens with zero attached hydrogens (tertiary/aromatic N) is 1. The first-order valence-corrected chi connectivity index (χ1v) is 9.60. The number of aromatic nitrogens is 1. The van der Waals surface area contributed by atoms with Gasteiger partial charge in [-0.25, -0.2) is 8.42 Å². The normalized spacial score (nSPS) is 12.8. The Morgan fingerprint density at radius 3 is 2.50 bits per heavy atom. The number of methoxy groups -OCH3 is 1. The molecule has 0 unspecified atom stereocenters. The minimum atomic E-state index is -3.98. The fraction of sp³-hybridized carbons (Fsp3) is 0.375. The van der Waals surface area contributed by atoms with Gasteiger partial charge in [0.1, 0.15) is 17.6 Å². The van der Waals surface area contributed by atoms with Crippen LogP contribution < -0.4 is 14.8 Å². The molecule has 2 aromatic rings. The first-order valence-electron chi connectivity index (χ1n) is 7.74. The third-order valence-corrected chi connectivity index (χ3v) is 5.28. The van der Waals surface area contributed by atoms with Crippen molar-refractivity contribution in [2.75, 3.05) is 12.4 Å². The summed E-state index contributed by atoms with van der Waals surface area (Å²) in [7, 11) is -2.55. The van der Waals surface area contributed by atoms with Crippen molar-refractivity contribution in [3.8, 4) is 5.75 Å². The van der Waals surface area contributed by atoms with E-state index in [1.165, 1.54) is 31.4 Å². The molecule has 0 aliphatic carbocycles. The molecule has 0 bridgehead atoms. The zero-order chi connectivity index (χ0) is 19.5. The third-order valence-electron chi connectivity index (χ3n) is 3.54. The molecule has 2 rings (SSSR count). The van der Waals surface area contributed by atoms with Crippen molar-refractivity contribution in [1.82, 2.24) is 9.88 Å². The Labute approximate surface area is 156 Å². The largest absolute Gasteiger partial charge is 0.495 e. The van der Waals surface area contributed by atoms with E-state index < -0.39 is 22.0 Å². The second-order valence-electron chi connectivity index (χ2n) is 5.95. The number of hydrogen-bond acceptors (Lipinski definition) is 6. The second kappa shape index (κ2) is 8.07. The Kier molecular flexibility index (Phi) is 6.27. The van der Waals surface area contributed by atoms with E-state index in [1.807, 2.05) is 0 Å². The molecule has 26 heavy (non-hydrogen) atoms. The fourth-order valence-corrected chi connectivity index (χ4v) is 3.86. The number of nitrogens with one attached hydrogen (secondary N) is 2. The molecule has 1 amide bonds. The molecule has 10 heteroatoms. The van der Waals surface area contributed by atoms with Crippen LogP contribution in [0.15, 0.2) is 33.7 Å². The monoisotopic (exact) mass is 401 g/mol. The molecule has 1 atom stereocenters. The van der Waals surface area contributed by atoms with Crippen LogP contribution in [0, 0.1) is 12.8 Å². The minimum Gasteiger partial charge on any atom is -0.495 e. The second-order valence-corrected chi connectivity index (χ2v) is 8.07. The highest BCUT2D eigenvalue weighted by Crippen LogP contribution is 2.27. The van der Waals surface area contributed by atoms with Crippen molar-refractivity contribution in [2.24, 2.45) is 5.92 Å². The number of sulfonamides is 1. The van der Waals surface area contributed by atoms with Gasteiger partial charge in [0, 0.05) is 6.07 Å². The van der Waals surface area contributed by atoms with Gasteiger partial charge in [0.15, 0.2) is 5.82 Å². The average Bonchev–Trinajstić information content (AvgIpc) is 2.97. The van der Waals surface area contributed by atoms with E-state index in [0.29, 0.717) is 11.5 Å². The lowest BCUT2D eigenvalue weighted by Crippen LogP contribution is -2.47. The Morgan fingerprint density at radius 2 is 2.00 bits per heavy atom. The Balaban J connectivity index is 2.22. The van der Waals surface area contributed by atoms with Crippen LogP contribution >= 0.6 is 11.6 Å². The van der Waals surface area contributed by atoms with Crippen molar-refractivity contribution in [1.29, 1.82) is 0 Å². The first-order chi connectivity index (χ1) is 12.1. The fourth-order valence-electron chi connectivity index (χ4n) is 2.17. The number of carbonyl (C=O) groups is 1. The quantitative estimate of drug-likeness (QED) is 0.737. The maximum absolute atomic E-state index is 12.6. The molecule has 1 heterocycles. The van der Waals surface area contributed by atoms with Gasteiger partial charge in [-0.3, -0.25) is 4.79 Å². The molecular weight excluding hydrogens is 382 g/mol. The molecule has 0 aliphatic heterocycles. The third kappa shape index (κ3) is 4.75. The molecule has 1 aromatic heterocycles. The zero-order valence-electron chi connectivity index (χ0n) is 14.7. The summed E-state index contributed by atoms with van der Waals surface area (Å²) in [6.07, 6.45) is 0. The van der Waals surface area contributed by atoms with Gasteiger partial charge < -0.3 is 14.6 Å². The van der Waals surface area contributed by atoms with Gasteiger partial charge in [0.25, 0.3) is 0 Å². The lowest BCUT2D eigenvalue weighted by molar-refractivity contribution is -0.118. The number of aryl methyl sites for hydroxylation is 1. The van der Waals surface area contributed by atoms with Crippen molar-refractivity contribution < 1.29 is 22.5 Å². The molecule has 8 nitrogen and oxygen atoms in total. The summed E-state index contributed by atoms with van der Waals surface area (Å²) in [6, 6.07) is 4.58. The predicted octanol–water partition coefficient (Wildman–Crippen LogP) is 2.59. The lowest BCUT2D eigenvalue weighted by atomic mass is 10.1. The highest BCUT2D eigenvalue weighted by molar-refractivity contribution is 7.89. The molecule has 1 aromatic carbocycles. The summed E-state index contributed by atoms with van der Waals surface area (Å²) < 4.78 is 37.6. The van der Waals surface area contributed by atoms with E-state index >= 15 is 0 Å². The molecule has 2 N–H and O–H groups in total. The van der Waals surface area contributed by atoms with Gasteiger partial charge in [-0.1, -0.05) is 30.6 Å². The number of benzene rings is 1. The lowest BCUT2D eigenvalue weighted by Gasteiger charge is -2.21. The van der Waals surface area contributed by atoms with Gasteiger partial charge >= 0.3 is 0 Å². The van der Waals surface area contributed by atoms with E-state index in [4.69, 9.17) is 20.9 Å². The van der Waals surface area contributed by atoms with Crippen LogP contribution in [-0.2, 0) is 14.8 Å². The molecule has 142 valence electrons. The van der Waals surface area contributed by atoms with E-state index in [1.54, 1.807) is 20.8 Å². The molecular formula is C16H20ClN3O5S. The van der Waals surface area contributed by atoms with Crippen LogP contribution in [-0.4, -0.2) is 32.6 Å².